The molecule has 0 aromatic heterocycles. The lowest BCUT2D eigenvalue weighted by Gasteiger charge is -2.10. The standard InChI is InChI=1S/C11H15F2NO/c1-8(7-15)14-6-5-9-3-2-4-10(12)11(9)13/h2-4,8,14-15H,5-7H2,1H3. The lowest BCUT2D eigenvalue weighted by molar-refractivity contribution is 0.252. The number of halogens is 2. The summed E-state index contributed by atoms with van der Waals surface area (Å²) in [5, 5.41) is 11.7. The van der Waals surface area contributed by atoms with Gasteiger partial charge in [0.1, 0.15) is 0 Å². The van der Waals surface area contributed by atoms with Gasteiger partial charge in [0.2, 0.25) is 0 Å². The summed E-state index contributed by atoms with van der Waals surface area (Å²) in [7, 11) is 0. The van der Waals surface area contributed by atoms with Gasteiger partial charge in [0.15, 0.2) is 11.6 Å². The van der Waals surface area contributed by atoms with Crippen LogP contribution in [0.25, 0.3) is 0 Å². The zero-order valence-corrected chi connectivity index (χ0v) is 8.63. The molecule has 2 nitrogen and oxygen atoms in total. The summed E-state index contributed by atoms with van der Waals surface area (Å²) in [6.07, 6.45) is 0.411. The number of rotatable bonds is 5. The van der Waals surface area contributed by atoms with E-state index >= 15 is 0 Å². The maximum atomic E-state index is 13.2. The van der Waals surface area contributed by atoms with Crippen LogP contribution in [0.5, 0.6) is 0 Å². The van der Waals surface area contributed by atoms with E-state index in [1.54, 1.807) is 6.07 Å². The van der Waals surface area contributed by atoms with Gasteiger partial charge in [-0.05, 0) is 31.5 Å². The van der Waals surface area contributed by atoms with E-state index in [-0.39, 0.29) is 12.6 Å². The van der Waals surface area contributed by atoms with Gasteiger partial charge in [0.25, 0.3) is 0 Å². The van der Waals surface area contributed by atoms with E-state index in [9.17, 15) is 8.78 Å². The predicted octanol–water partition coefficient (Wildman–Crippen LogP) is 1.48. The molecule has 1 aromatic carbocycles. The summed E-state index contributed by atoms with van der Waals surface area (Å²) >= 11 is 0. The molecule has 0 radical (unpaired) electrons. The van der Waals surface area contributed by atoms with Gasteiger partial charge in [-0.1, -0.05) is 12.1 Å². The molecule has 0 aliphatic rings. The summed E-state index contributed by atoms with van der Waals surface area (Å²) in [5.41, 5.74) is 0.354. The number of aliphatic hydroxyl groups is 1. The summed E-state index contributed by atoms with van der Waals surface area (Å²) in [6.45, 7) is 2.37. The lowest BCUT2D eigenvalue weighted by atomic mass is 10.1. The number of hydrogen-bond donors (Lipinski definition) is 2. The van der Waals surface area contributed by atoms with E-state index in [1.807, 2.05) is 6.92 Å². The van der Waals surface area contributed by atoms with Crippen molar-refractivity contribution in [1.82, 2.24) is 5.32 Å². The van der Waals surface area contributed by atoms with Crippen molar-refractivity contribution in [1.29, 1.82) is 0 Å². The Balaban J connectivity index is 2.47. The second-order valence-corrected chi connectivity index (χ2v) is 3.50. The molecular formula is C11H15F2NO. The van der Waals surface area contributed by atoms with Crippen LogP contribution in [-0.4, -0.2) is 24.3 Å². The zero-order valence-electron chi connectivity index (χ0n) is 8.63. The number of nitrogens with one attached hydrogen (secondary N) is 1. The first-order valence-corrected chi connectivity index (χ1v) is 4.92. The Bertz CT molecular complexity index is 317. The lowest BCUT2D eigenvalue weighted by Crippen LogP contribution is -2.31. The third kappa shape index (κ3) is 3.57. The van der Waals surface area contributed by atoms with Crippen LogP contribution in [0.3, 0.4) is 0 Å². The first-order valence-electron chi connectivity index (χ1n) is 4.92. The average molecular weight is 215 g/mol. The zero-order chi connectivity index (χ0) is 11.3. The minimum atomic E-state index is -0.817. The Morgan fingerprint density at radius 2 is 2.13 bits per heavy atom. The second-order valence-electron chi connectivity index (χ2n) is 3.50. The van der Waals surface area contributed by atoms with E-state index in [2.05, 4.69) is 5.32 Å². The molecule has 0 fully saturated rings. The van der Waals surface area contributed by atoms with Gasteiger partial charge in [0, 0.05) is 6.04 Å². The van der Waals surface area contributed by atoms with Gasteiger partial charge in [-0.15, -0.1) is 0 Å². The smallest absolute Gasteiger partial charge is 0.162 e. The summed E-state index contributed by atoms with van der Waals surface area (Å²) in [5.74, 6) is -1.60. The van der Waals surface area contributed by atoms with Gasteiger partial charge in [-0.25, -0.2) is 8.78 Å². The van der Waals surface area contributed by atoms with E-state index in [4.69, 9.17) is 5.11 Å². The van der Waals surface area contributed by atoms with Gasteiger partial charge < -0.3 is 10.4 Å². The Morgan fingerprint density at radius 3 is 2.80 bits per heavy atom. The van der Waals surface area contributed by atoms with Gasteiger partial charge >= 0.3 is 0 Å². The maximum absolute atomic E-state index is 13.2. The third-order valence-corrected chi connectivity index (χ3v) is 2.19. The van der Waals surface area contributed by atoms with Crippen molar-refractivity contribution in [3.8, 4) is 0 Å². The van der Waals surface area contributed by atoms with E-state index in [0.717, 1.165) is 6.07 Å². The van der Waals surface area contributed by atoms with E-state index in [1.165, 1.54) is 6.07 Å². The molecule has 1 unspecified atom stereocenters. The van der Waals surface area contributed by atoms with Crippen molar-refractivity contribution < 1.29 is 13.9 Å². The van der Waals surface area contributed by atoms with Crippen LogP contribution in [0.4, 0.5) is 8.78 Å². The van der Waals surface area contributed by atoms with Crippen LogP contribution in [0, 0.1) is 11.6 Å². The number of aliphatic hydroxyl groups excluding tert-OH is 1. The van der Waals surface area contributed by atoms with Gasteiger partial charge in [-0.2, -0.15) is 0 Å². The van der Waals surface area contributed by atoms with E-state index in [0.29, 0.717) is 18.5 Å². The topological polar surface area (TPSA) is 32.3 Å². The Labute approximate surface area is 87.9 Å². The fourth-order valence-corrected chi connectivity index (χ4v) is 1.26. The van der Waals surface area contributed by atoms with Crippen LogP contribution in [0.2, 0.25) is 0 Å². The molecule has 15 heavy (non-hydrogen) atoms. The molecular weight excluding hydrogens is 200 g/mol. The Hall–Kier alpha value is -1.00. The highest BCUT2D eigenvalue weighted by Gasteiger charge is 2.07. The minimum Gasteiger partial charge on any atom is -0.395 e. The second kappa shape index (κ2) is 5.78. The molecule has 0 amide bonds. The van der Waals surface area contributed by atoms with Crippen molar-refractivity contribution in [2.45, 2.75) is 19.4 Å². The molecule has 0 saturated heterocycles. The first-order chi connectivity index (χ1) is 7.15. The normalized spacial score (nSPS) is 12.8. The van der Waals surface area contributed by atoms with Crippen LogP contribution in [0.15, 0.2) is 18.2 Å². The fourth-order valence-electron chi connectivity index (χ4n) is 1.26. The highest BCUT2D eigenvalue weighted by atomic mass is 19.2. The van der Waals surface area contributed by atoms with E-state index < -0.39 is 11.6 Å². The van der Waals surface area contributed by atoms with Gasteiger partial charge in [0.05, 0.1) is 6.61 Å². The number of benzene rings is 1. The molecule has 4 heteroatoms. The first kappa shape index (κ1) is 12.1. The maximum Gasteiger partial charge on any atom is 0.162 e. The fraction of sp³-hybridized carbons (Fsp3) is 0.455. The summed E-state index contributed by atoms with van der Waals surface area (Å²) in [4.78, 5) is 0. The SMILES string of the molecule is CC(CO)NCCc1cccc(F)c1F. The van der Waals surface area contributed by atoms with Crippen molar-refractivity contribution >= 4 is 0 Å². The Kier molecular flexibility index (Phi) is 4.65. The van der Waals surface area contributed by atoms with Crippen molar-refractivity contribution in [3.63, 3.8) is 0 Å². The quantitative estimate of drug-likeness (QED) is 0.779. The monoisotopic (exact) mass is 215 g/mol. The molecule has 1 aromatic rings. The minimum absolute atomic E-state index is 0.0263. The molecule has 0 aliphatic heterocycles. The molecule has 1 atom stereocenters. The highest BCUT2D eigenvalue weighted by molar-refractivity contribution is 5.19. The third-order valence-electron chi connectivity index (χ3n) is 2.19. The molecule has 0 heterocycles. The molecule has 0 aliphatic carbocycles. The van der Waals surface area contributed by atoms with Crippen molar-refractivity contribution in [2.75, 3.05) is 13.2 Å². The number of hydrogen-bond acceptors (Lipinski definition) is 2. The summed E-state index contributed by atoms with van der Waals surface area (Å²) < 4.78 is 26.0. The van der Waals surface area contributed by atoms with Crippen LogP contribution >= 0.6 is 0 Å². The Morgan fingerprint density at radius 1 is 1.40 bits per heavy atom. The molecule has 0 saturated carbocycles. The largest absolute Gasteiger partial charge is 0.395 e. The predicted molar refractivity (Wildman–Crippen MR) is 54.6 cm³/mol. The highest BCUT2D eigenvalue weighted by Crippen LogP contribution is 2.11. The van der Waals surface area contributed by atoms with Crippen molar-refractivity contribution in [3.05, 3.63) is 35.4 Å². The van der Waals surface area contributed by atoms with Crippen LogP contribution in [-0.2, 0) is 6.42 Å². The molecule has 84 valence electrons. The molecule has 2 N–H and O–H groups in total. The van der Waals surface area contributed by atoms with Crippen LogP contribution < -0.4 is 5.32 Å². The van der Waals surface area contributed by atoms with Gasteiger partial charge in [-0.3, -0.25) is 0 Å². The molecule has 0 bridgehead atoms. The molecule has 0 spiro atoms. The average Bonchev–Trinajstić information content (AvgIpc) is 2.24. The van der Waals surface area contributed by atoms with Crippen LogP contribution in [0.1, 0.15) is 12.5 Å². The molecule has 1 rings (SSSR count). The van der Waals surface area contributed by atoms with Crippen molar-refractivity contribution in [2.24, 2.45) is 0 Å². The summed E-state index contributed by atoms with van der Waals surface area (Å²) in [6, 6.07) is 4.12.